The van der Waals surface area contributed by atoms with E-state index in [1.165, 1.54) is 5.56 Å². The van der Waals surface area contributed by atoms with Crippen molar-refractivity contribution in [2.75, 3.05) is 6.54 Å². The fourth-order valence-electron chi connectivity index (χ4n) is 3.00. The van der Waals surface area contributed by atoms with Crippen LogP contribution in [0, 0.1) is 5.41 Å². The van der Waals surface area contributed by atoms with Crippen LogP contribution in [0.1, 0.15) is 44.0 Å². The van der Waals surface area contributed by atoms with Gasteiger partial charge in [0.15, 0.2) is 5.82 Å². The van der Waals surface area contributed by atoms with E-state index in [1.54, 1.807) is 0 Å². The number of nitrogens with one attached hydrogen (secondary N) is 1. The second-order valence-corrected chi connectivity index (χ2v) is 6.86. The molecule has 1 N–H and O–H groups in total. The summed E-state index contributed by atoms with van der Waals surface area (Å²) in [6.07, 6.45) is 1.97. The van der Waals surface area contributed by atoms with Crippen LogP contribution in [0.3, 0.4) is 0 Å². The largest absolute Gasteiger partial charge is 0.312 e. The molecule has 0 radical (unpaired) electrons. The van der Waals surface area contributed by atoms with E-state index in [0.717, 1.165) is 37.6 Å². The molecule has 0 spiro atoms. The Labute approximate surface area is 126 Å². The van der Waals surface area contributed by atoms with Gasteiger partial charge in [0.2, 0.25) is 0 Å². The zero-order chi connectivity index (χ0) is 14.9. The van der Waals surface area contributed by atoms with Crippen molar-refractivity contribution >= 4 is 0 Å². The van der Waals surface area contributed by atoms with Crippen molar-refractivity contribution in [3.63, 3.8) is 0 Å². The van der Waals surface area contributed by atoms with E-state index in [2.05, 4.69) is 71.2 Å². The quantitative estimate of drug-likeness (QED) is 0.942. The Morgan fingerprint density at radius 3 is 2.62 bits per heavy atom. The first kappa shape index (κ1) is 14.3. The van der Waals surface area contributed by atoms with Gasteiger partial charge in [-0.15, -0.1) is 10.2 Å². The molecule has 21 heavy (non-hydrogen) atoms. The molecule has 112 valence electrons. The number of aryl methyl sites for hydroxylation is 2. The van der Waals surface area contributed by atoms with Crippen LogP contribution in [0.15, 0.2) is 30.3 Å². The number of rotatable bonds is 3. The van der Waals surface area contributed by atoms with Crippen molar-refractivity contribution in [1.29, 1.82) is 0 Å². The lowest BCUT2D eigenvalue weighted by molar-refractivity contribution is 0.232. The van der Waals surface area contributed by atoms with Gasteiger partial charge < -0.3 is 9.88 Å². The molecule has 0 amide bonds. The summed E-state index contributed by atoms with van der Waals surface area (Å²) in [5.41, 5.74) is 1.51. The fraction of sp³-hybridized carbons (Fsp3) is 0.529. The van der Waals surface area contributed by atoms with Gasteiger partial charge in [-0.05, 0) is 17.4 Å². The highest BCUT2D eigenvalue weighted by Crippen LogP contribution is 2.33. The number of hydrogen-bond acceptors (Lipinski definition) is 3. The van der Waals surface area contributed by atoms with Crippen molar-refractivity contribution in [1.82, 2.24) is 20.1 Å². The second-order valence-electron chi connectivity index (χ2n) is 6.86. The third-order valence-corrected chi connectivity index (χ3v) is 4.14. The number of benzene rings is 1. The zero-order valence-corrected chi connectivity index (χ0v) is 13.1. The third kappa shape index (κ3) is 3.00. The lowest BCUT2D eigenvalue weighted by Gasteiger charge is -2.34. The summed E-state index contributed by atoms with van der Waals surface area (Å²) >= 11 is 0. The summed E-state index contributed by atoms with van der Waals surface area (Å²) in [5.74, 6) is 2.21. The van der Waals surface area contributed by atoms with Gasteiger partial charge in [-0.2, -0.15) is 0 Å². The lowest BCUT2D eigenvalue weighted by atomic mass is 9.85. The topological polar surface area (TPSA) is 42.7 Å². The van der Waals surface area contributed by atoms with Crippen molar-refractivity contribution < 1.29 is 0 Å². The molecule has 1 aromatic carbocycles. The van der Waals surface area contributed by atoms with Gasteiger partial charge in [-0.1, -0.05) is 51.1 Å². The molecule has 0 saturated heterocycles. The summed E-state index contributed by atoms with van der Waals surface area (Å²) in [4.78, 5) is 0. The minimum Gasteiger partial charge on any atom is -0.312 e. The second kappa shape index (κ2) is 5.60. The lowest BCUT2D eigenvalue weighted by Crippen LogP contribution is -2.41. The zero-order valence-electron chi connectivity index (χ0n) is 13.1. The van der Waals surface area contributed by atoms with Crippen LogP contribution in [0.2, 0.25) is 0 Å². The SMILES string of the molecule is CC(C)(C)C1NCCn2c(CCc3ccccc3)nnc21. The molecule has 4 heteroatoms. The predicted molar refractivity (Wildman–Crippen MR) is 84.1 cm³/mol. The number of hydrogen-bond donors (Lipinski definition) is 1. The van der Waals surface area contributed by atoms with Crippen molar-refractivity contribution in [2.24, 2.45) is 5.41 Å². The summed E-state index contributed by atoms with van der Waals surface area (Å²) in [6.45, 7) is 8.71. The minimum atomic E-state index is 0.155. The van der Waals surface area contributed by atoms with Gasteiger partial charge >= 0.3 is 0 Å². The Bertz CT molecular complexity index is 595. The van der Waals surface area contributed by atoms with Gasteiger partial charge in [-0.3, -0.25) is 0 Å². The highest BCUT2D eigenvalue weighted by atomic mass is 15.3. The first-order valence-corrected chi connectivity index (χ1v) is 7.75. The van der Waals surface area contributed by atoms with Crippen LogP contribution < -0.4 is 5.32 Å². The molecule has 2 heterocycles. The average molecular weight is 284 g/mol. The van der Waals surface area contributed by atoms with Crippen molar-refractivity contribution in [3.05, 3.63) is 47.5 Å². The molecule has 0 saturated carbocycles. The van der Waals surface area contributed by atoms with E-state index in [-0.39, 0.29) is 11.5 Å². The number of fused-ring (bicyclic) bond motifs is 1. The Hall–Kier alpha value is -1.68. The molecule has 4 nitrogen and oxygen atoms in total. The first-order chi connectivity index (χ1) is 10.1. The Kier molecular flexibility index (Phi) is 3.81. The van der Waals surface area contributed by atoms with Gasteiger partial charge in [0.05, 0.1) is 6.04 Å². The summed E-state index contributed by atoms with van der Waals surface area (Å²) in [5, 5.41) is 12.5. The summed E-state index contributed by atoms with van der Waals surface area (Å²) in [6, 6.07) is 10.9. The Balaban J connectivity index is 1.78. The van der Waals surface area contributed by atoms with Gasteiger partial charge in [0.1, 0.15) is 5.82 Å². The van der Waals surface area contributed by atoms with Crippen LogP contribution in [-0.4, -0.2) is 21.3 Å². The standard InChI is InChI=1S/C17H24N4/c1-17(2,3)15-16-20-19-14(21(16)12-11-18-15)10-9-13-7-5-4-6-8-13/h4-8,15,18H,9-12H2,1-3H3. The van der Waals surface area contributed by atoms with E-state index in [1.807, 2.05) is 0 Å². The molecule has 1 unspecified atom stereocenters. The van der Waals surface area contributed by atoms with Crippen molar-refractivity contribution in [3.8, 4) is 0 Å². The van der Waals surface area contributed by atoms with Crippen LogP contribution in [0.25, 0.3) is 0 Å². The summed E-state index contributed by atoms with van der Waals surface area (Å²) in [7, 11) is 0. The van der Waals surface area contributed by atoms with E-state index in [9.17, 15) is 0 Å². The van der Waals surface area contributed by atoms with E-state index in [0.29, 0.717) is 0 Å². The minimum absolute atomic E-state index is 0.155. The van der Waals surface area contributed by atoms with Crippen molar-refractivity contribution in [2.45, 2.75) is 46.2 Å². The average Bonchev–Trinajstić information content (AvgIpc) is 2.88. The monoisotopic (exact) mass is 284 g/mol. The molecular formula is C17H24N4. The van der Waals surface area contributed by atoms with Crippen LogP contribution in [0.5, 0.6) is 0 Å². The first-order valence-electron chi connectivity index (χ1n) is 7.75. The fourth-order valence-corrected chi connectivity index (χ4v) is 3.00. The van der Waals surface area contributed by atoms with E-state index < -0.39 is 0 Å². The molecule has 1 aromatic heterocycles. The molecule has 0 bridgehead atoms. The van der Waals surface area contributed by atoms with Crippen LogP contribution in [-0.2, 0) is 19.4 Å². The molecule has 3 rings (SSSR count). The predicted octanol–water partition coefficient (Wildman–Crippen LogP) is 2.75. The maximum Gasteiger partial charge on any atom is 0.150 e. The summed E-state index contributed by atoms with van der Waals surface area (Å²) < 4.78 is 2.31. The Morgan fingerprint density at radius 2 is 1.90 bits per heavy atom. The van der Waals surface area contributed by atoms with E-state index in [4.69, 9.17) is 0 Å². The van der Waals surface area contributed by atoms with Crippen LogP contribution >= 0.6 is 0 Å². The molecule has 1 aliphatic rings. The normalized spacial score (nSPS) is 18.5. The van der Waals surface area contributed by atoms with Gasteiger partial charge in [0.25, 0.3) is 0 Å². The maximum absolute atomic E-state index is 4.47. The molecule has 1 atom stereocenters. The molecular weight excluding hydrogens is 260 g/mol. The number of nitrogens with zero attached hydrogens (tertiary/aromatic N) is 3. The highest BCUT2D eigenvalue weighted by Gasteiger charge is 2.33. The Morgan fingerprint density at radius 1 is 1.14 bits per heavy atom. The molecule has 0 fully saturated rings. The van der Waals surface area contributed by atoms with E-state index >= 15 is 0 Å². The third-order valence-electron chi connectivity index (χ3n) is 4.14. The maximum atomic E-state index is 4.47. The smallest absolute Gasteiger partial charge is 0.150 e. The van der Waals surface area contributed by atoms with Gasteiger partial charge in [-0.25, -0.2) is 0 Å². The molecule has 2 aromatic rings. The molecule has 0 aliphatic carbocycles. The highest BCUT2D eigenvalue weighted by molar-refractivity contribution is 5.16. The van der Waals surface area contributed by atoms with Gasteiger partial charge in [0, 0.05) is 19.5 Å². The number of aromatic nitrogens is 3. The van der Waals surface area contributed by atoms with Crippen LogP contribution in [0.4, 0.5) is 0 Å². The molecule has 1 aliphatic heterocycles.